The van der Waals surface area contributed by atoms with Gasteiger partial charge in [-0.05, 0) is 53.4 Å². The standard InChI is InChI=1S/C27H21NO4/c1-15(29)27-20-9-5-3-7-18(20)22(19-8-4-6-10-21(19)27)23-24(27)26(31)28(25(23)30)16-11-13-17(32-2)14-12-16/h3-14,22-24H,1-2H3/t22?,23-,24+,27?/m1/s1. The van der Waals surface area contributed by atoms with E-state index in [0.29, 0.717) is 11.4 Å². The normalized spacial score (nSPS) is 27.1. The fourth-order valence-corrected chi connectivity index (χ4v) is 6.36. The summed E-state index contributed by atoms with van der Waals surface area (Å²) in [5.74, 6) is -1.65. The number of Topliss-reactive ketones (excluding diaryl/α,β-unsaturated/α-hetero) is 1. The zero-order valence-electron chi connectivity index (χ0n) is 17.7. The molecule has 0 spiro atoms. The number of hydrogen-bond acceptors (Lipinski definition) is 4. The Morgan fingerprint density at radius 3 is 1.94 bits per heavy atom. The number of hydrogen-bond donors (Lipinski definition) is 0. The molecule has 0 saturated carbocycles. The lowest BCUT2D eigenvalue weighted by molar-refractivity contribution is -0.132. The number of ether oxygens (including phenoxy) is 1. The summed E-state index contributed by atoms with van der Waals surface area (Å²) in [6.07, 6.45) is 0. The number of amides is 2. The lowest BCUT2D eigenvalue weighted by Crippen LogP contribution is -2.57. The third-order valence-corrected chi connectivity index (χ3v) is 7.50. The Balaban J connectivity index is 1.63. The maximum absolute atomic E-state index is 13.9. The summed E-state index contributed by atoms with van der Waals surface area (Å²) in [6.45, 7) is 1.55. The SMILES string of the molecule is COc1ccc(N2C(=O)[C@@H]3C4c5ccccc5C(C(C)=O)(c5ccccc54)[C@@H]3C2=O)cc1. The van der Waals surface area contributed by atoms with Crippen molar-refractivity contribution in [3.05, 3.63) is 95.1 Å². The third kappa shape index (κ3) is 2.06. The average molecular weight is 423 g/mol. The molecule has 3 aliphatic carbocycles. The first kappa shape index (κ1) is 19.0. The topological polar surface area (TPSA) is 63.7 Å². The number of ketones is 1. The number of benzene rings is 3. The van der Waals surface area contributed by atoms with Crippen molar-refractivity contribution in [3.63, 3.8) is 0 Å². The molecule has 2 atom stereocenters. The molecule has 0 N–H and O–H groups in total. The highest BCUT2D eigenvalue weighted by atomic mass is 16.5. The predicted octanol–water partition coefficient (Wildman–Crippen LogP) is 3.84. The van der Waals surface area contributed by atoms with Gasteiger partial charge >= 0.3 is 0 Å². The highest BCUT2D eigenvalue weighted by Crippen LogP contribution is 2.64. The molecule has 0 aromatic heterocycles. The molecule has 0 unspecified atom stereocenters. The van der Waals surface area contributed by atoms with Crippen LogP contribution in [0.5, 0.6) is 5.75 Å². The van der Waals surface area contributed by atoms with Gasteiger partial charge in [-0.1, -0.05) is 48.5 Å². The summed E-state index contributed by atoms with van der Waals surface area (Å²) in [4.78, 5) is 42.6. The van der Waals surface area contributed by atoms with Crippen LogP contribution in [0.2, 0.25) is 0 Å². The van der Waals surface area contributed by atoms with Crippen LogP contribution in [0, 0.1) is 11.8 Å². The van der Waals surface area contributed by atoms with E-state index in [-0.39, 0.29) is 23.5 Å². The first-order valence-electron chi connectivity index (χ1n) is 10.7. The van der Waals surface area contributed by atoms with Gasteiger partial charge in [0, 0.05) is 5.92 Å². The van der Waals surface area contributed by atoms with Crippen LogP contribution in [-0.2, 0) is 19.8 Å². The van der Waals surface area contributed by atoms with Crippen molar-refractivity contribution >= 4 is 23.3 Å². The first-order chi connectivity index (χ1) is 15.5. The van der Waals surface area contributed by atoms with Gasteiger partial charge in [-0.15, -0.1) is 0 Å². The Morgan fingerprint density at radius 1 is 0.844 bits per heavy atom. The minimum atomic E-state index is -1.17. The molecule has 158 valence electrons. The van der Waals surface area contributed by atoms with Crippen LogP contribution in [0.25, 0.3) is 0 Å². The molecule has 0 radical (unpaired) electrons. The van der Waals surface area contributed by atoms with E-state index in [2.05, 4.69) is 0 Å². The number of rotatable bonds is 3. The Bertz CT molecular complexity index is 1260. The van der Waals surface area contributed by atoms with E-state index in [1.54, 1.807) is 38.3 Å². The van der Waals surface area contributed by atoms with Crippen molar-refractivity contribution in [2.24, 2.45) is 11.8 Å². The smallest absolute Gasteiger partial charge is 0.239 e. The second-order valence-electron chi connectivity index (χ2n) is 8.73. The number of nitrogens with zero attached hydrogens (tertiary/aromatic N) is 1. The van der Waals surface area contributed by atoms with E-state index in [1.807, 2.05) is 48.5 Å². The van der Waals surface area contributed by atoms with Gasteiger partial charge in [-0.2, -0.15) is 0 Å². The molecule has 5 nitrogen and oxygen atoms in total. The minimum absolute atomic E-state index is 0.108. The van der Waals surface area contributed by atoms with Crippen molar-refractivity contribution in [1.29, 1.82) is 0 Å². The number of methoxy groups -OCH3 is 1. The zero-order valence-corrected chi connectivity index (χ0v) is 17.7. The number of anilines is 1. The molecule has 1 saturated heterocycles. The van der Waals surface area contributed by atoms with Gasteiger partial charge in [0.1, 0.15) is 11.5 Å². The van der Waals surface area contributed by atoms with E-state index >= 15 is 0 Å². The van der Waals surface area contributed by atoms with E-state index in [4.69, 9.17) is 4.74 Å². The van der Waals surface area contributed by atoms with Crippen LogP contribution >= 0.6 is 0 Å². The van der Waals surface area contributed by atoms with E-state index in [1.165, 1.54) is 4.90 Å². The first-order valence-corrected chi connectivity index (χ1v) is 10.7. The van der Waals surface area contributed by atoms with E-state index in [9.17, 15) is 14.4 Å². The Morgan fingerprint density at radius 2 is 1.41 bits per heavy atom. The van der Waals surface area contributed by atoms with Crippen molar-refractivity contribution in [2.75, 3.05) is 12.0 Å². The monoisotopic (exact) mass is 423 g/mol. The Labute approximate surface area is 185 Å². The van der Waals surface area contributed by atoms with Crippen molar-refractivity contribution < 1.29 is 19.1 Å². The molecule has 4 aliphatic rings. The maximum atomic E-state index is 13.9. The molecular weight excluding hydrogens is 402 g/mol. The second-order valence-corrected chi connectivity index (χ2v) is 8.73. The highest BCUT2D eigenvalue weighted by Gasteiger charge is 2.69. The number of imide groups is 1. The molecule has 7 rings (SSSR count). The molecule has 5 heteroatoms. The lowest BCUT2D eigenvalue weighted by Gasteiger charge is -2.52. The Kier molecular flexibility index (Phi) is 3.79. The van der Waals surface area contributed by atoms with Crippen LogP contribution < -0.4 is 9.64 Å². The minimum Gasteiger partial charge on any atom is -0.497 e. The van der Waals surface area contributed by atoms with Gasteiger partial charge < -0.3 is 4.74 Å². The van der Waals surface area contributed by atoms with Gasteiger partial charge in [-0.3, -0.25) is 14.4 Å². The van der Waals surface area contributed by atoms with Gasteiger partial charge in [0.25, 0.3) is 0 Å². The molecule has 1 fully saturated rings. The van der Waals surface area contributed by atoms with Crippen LogP contribution in [0.4, 0.5) is 5.69 Å². The molecule has 32 heavy (non-hydrogen) atoms. The average Bonchev–Trinajstić information content (AvgIpc) is 3.09. The summed E-state index contributed by atoms with van der Waals surface area (Å²) in [5.41, 5.74) is 2.99. The van der Waals surface area contributed by atoms with Gasteiger partial charge in [0.2, 0.25) is 11.8 Å². The summed E-state index contributed by atoms with van der Waals surface area (Å²) < 4.78 is 5.22. The van der Waals surface area contributed by atoms with Crippen LogP contribution in [-0.4, -0.2) is 24.7 Å². The lowest BCUT2D eigenvalue weighted by atomic mass is 9.46. The summed E-state index contributed by atoms with van der Waals surface area (Å²) in [7, 11) is 1.57. The molecule has 3 aromatic rings. The molecule has 2 amide bonds. The molecule has 3 aromatic carbocycles. The fraction of sp³-hybridized carbons (Fsp3) is 0.222. The van der Waals surface area contributed by atoms with Crippen molar-refractivity contribution in [1.82, 2.24) is 0 Å². The molecule has 1 heterocycles. The molecule has 1 aliphatic heterocycles. The predicted molar refractivity (Wildman–Crippen MR) is 119 cm³/mol. The summed E-state index contributed by atoms with van der Waals surface area (Å²) >= 11 is 0. The van der Waals surface area contributed by atoms with E-state index < -0.39 is 17.3 Å². The van der Waals surface area contributed by atoms with Crippen LogP contribution in [0.3, 0.4) is 0 Å². The highest BCUT2D eigenvalue weighted by molar-refractivity contribution is 6.25. The quantitative estimate of drug-likeness (QED) is 0.601. The maximum Gasteiger partial charge on any atom is 0.239 e. The number of carbonyl (C=O) groups is 3. The van der Waals surface area contributed by atoms with Gasteiger partial charge in [0.05, 0.1) is 30.0 Å². The second kappa shape index (κ2) is 6.39. The van der Waals surface area contributed by atoms with Crippen LogP contribution in [0.15, 0.2) is 72.8 Å². The summed E-state index contributed by atoms with van der Waals surface area (Å²) in [6, 6.07) is 22.5. The van der Waals surface area contributed by atoms with Crippen LogP contribution in [0.1, 0.15) is 35.1 Å². The van der Waals surface area contributed by atoms with Gasteiger partial charge in [-0.25, -0.2) is 4.90 Å². The van der Waals surface area contributed by atoms with Crippen molar-refractivity contribution in [2.45, 2.75) is 18.3 Å². The Hall–Kier alpha value is -3.73. The van der Waals surface area contributed by atoms with E-state index in [0.717, 1.165) is 22.3 Å². The molecular formula is C27H21NO4. The zero-order chi connectivity index (χ0) is 22.2. The molecule has 2 bridgehead atoms. The summed E-state index contributed by atoms with van der Waals surface area (Å²) in [5, 5.41) is 0. The third-order valence-electron chi connectivity index (χ3n) is 7.50. The van der Waals surface area contributed by atoms with Crippen molar-refractivity contribution in [3.8, 4) is 5.75 Å². The largest absolute Gasteiger partial charge is 0.497 e. The van der Waals surface area contributed by atoms with Gasteiger partial charge in [0.15, 0.2) is 0 Å². The number of carbonyl (C=O) groups excluding carboxylic acids is 3. The fourth-order valence-electron chi connectivity index (χ4n) is 6.36.